The van der Waals surface area contributed by atoms with Crippen LogP contribution < -0.4 is 0 Å². The number of allylic oxidation sites excluding steroid dienone is 1. The summed E-state index contributed by atoms with van der Waals surface area (Å²) in [6.45, 7) is 7.14. The summed E-state index contributed by atoms with van der Waals surface area (Å²) in [6, 6.07) is 0. The minimum Gasteiger partial charge on any atom is -0.464 e. The van der Waals surface area contributed by atoms with Crippen LogP contribution in [-0.2, 0) is 9.53 Å². The van der Waals surface area contributed by atoms with Crippen molar-refractivity contribution in [3.63, 3.8) is 0 Å². The van der Waals surface area contributed by atoms with E-state index < -0.39 is 17.5 Å². The molecule has 4 nitrogen and oxygen atoms in total. The van der Waals surface area contributed by atoms with Crippen molar-refractivity contribution in [2.24, 2.45) is 5.92 Å². The number of esters is 1. The van der Waals surface area contributed by atoms with Crippen molar-refractivity contribution in [3.05, 3.63) is 23.0 Å². The highest BCUT2D eigenvalue weighted by molar-refractivity contribution is 9.11. The van der Waals surface area contributed by atoms with Crippen LogP contribution in [0.5, 0.6) is 0 Å². The number of hydrogen-bond donors (Lipinski definition) is 1. The summed E-state index contributed by atoms with van der Waals surface area (Å²) >= 11 is 9.50. The number of ether oxygens (including phenoxy) is 1. The van der Waals surface area contributed by atoms with Crippen LogP contribution >= 0.6 is 27.5 Å². The molecule has 6 heteroatoms. The number of rotatable bonds is 6. The molecular formula is C12H19BrClNO3. The van der Waals surface area contributed by atoms with Crippen molar-refractivity contribution >= 4 is 33.5 Å². The first-order valence-corrected chi connectivity index (χ1v) is 6.76. The first-order valence-electron chi connectivity index (χ1n) is 5.41. The van der Waals surface area contributed by atoms with E-state index in [-0.39, 0.29) is 11.6 Å². The molecule has 0 aromatic rings. The van der Waals surface area contributed by atoms with Crippen molar-refractivity contribution in [1.82, 2.24) is 4.90 Å². The second-order valence-electron chi connectivity index (χ2n) is 4.03. The third-order valence-electron chi connectivity index (χ3n) is 2.83. The molecule has 0 aliphatic heterocycles. The third-order valence-corrected chi connectivity index (χ3v) is 3.92. The maximum Gasteiger partial charge on any atom is 0.354 e. The maximum atomic E-state index is 11.4. The predicted octanol–water partition coefficient (Wildman–Crippen LogP) is 2.47. The van der Waals surface area contributed by atoms with E-state index >= 15 is 0 Å². The highest BCUT2D eigenvalue weighted by Gasteiger charge is 2.27. The Kier molecular flexibility index (Phi) is 7.59. The van der Waals surface area contributed by atoms with Crippen LogP contribution in [0.4, 0.5) is 0 Å². The number of hydrogen-bond acceptors (Lipinski definition) is 4. The van der Waals surface area contributed by atoms with E-state index in [9.17, 15) is 9.90 Å². The number of aliphatic hydroxyl groups excluding tert-OH is 1. The Morgan fingerprint density at radius 3 is 2.39 bits per heavy atom. The molecule has 0 fully saturated rings. The van der Waals surface area contributed by atoms with E-state index in [0.29, 0.717) is 5.70 Å². The Bertz CT molecular complexity index is 344. The van der Waals surface area contributed by atoms with Crippen molar-refractivity contribution in [2.45, 2.75) is 25.3 Å². The van der Waals surface area contributed by atoms with Gasteiger partial charge in [0.1, 0.15) is 5.70 Å². The Morgan fingerprint density at radius 2 is 2.06 bits per heavy atom. The number of methoxy groups -OCH3 is 1. The minimum atomic E-state index is -0.560. The average Bonchev–Trinajstić information content (AvgIpc) is 2.35. The number of carbonyl (C=O) groups is 1. The fourth-order valence-electron chi connectivity index (χ4n) is 1.24. The highest BCUT2D eigenvalue weighted by Crippen LogP contribution is 2.27. The standard InChI is InChI=1S/C12H19BrClNO3/c1-7(9(3)16)11(14)10(6-13)15(4)8(2)12(17)18-5/h6-7,9,11,16H,2H2,1,3-5H3/b10-6-/t7-,9+,11?/m1/s1. The molecule has 0 heterocycles. The van der Waals surface area contributed by atoms with E-state index in [1.165, 1.54) is 12.0 Å². The molecule has 0 amide bonds. The van der Waals surface area contributed by atoms with E-state index in [1.807, 2.05) is 6.92 Å². The summed E-state index contributed by atoms with van der Waals surface area (Å²) in [5, 5.41) is 9.09. The summed E-state index contributed by atoms with van der Waals surface area (Å²) in [5.74, 6) is -0.707. The van der Waals surface area contributed by atoms with Gasteiger partial charge in [0.05, 0.1) is 18.6 Å². The lowest BCUT2D eigenvalue weighted by atomic mass is 9.99. The van der Waals surface area contributed by atoms with Gasteiger partial charge < -0.3 is 14.7 Å². The van der Waals surface area contributed by atoms with Gasteiger partial charge in [0.2, 0.25) is 0 Å². The largest absolute Gasteiger partial charge is 0.464 e. The maximum absolute atomic E-state index is 11.4. The number of carbonyl (C=O) groups excluding carboxylic acids is 1. The molecule has 0 aliphatic carbocycles. The molecule has 1 N–H and O–H groups in total. The molecule has 18 heavy (non-hydrogen) atoms. The van der Waals surface area contributed by atoms with E-state index in [1.54, 1.807) is 19.0 Å². The normalized spacial score (nSPS) is 16.7. The van der Waals surface area contributed by atoms with Crippen LogP contribution in [0, 0.1) is 5.92 Å². The Labute approximate surface area is 121 Å². The van der Waals surface area contributed by atoms with Gasteiger partial charge in [-0.2, -0.15) is 0 Å². The van der Waals surface area contributed by atoms with Crippen molar-refractivity contribution < 1.29 is 14.6 Å². The lowest BCUT2D eigenvalue weighted by molar-refractivity contribution is -0.137. The van der Waals surface area contributed by atoms with Crippen LogP contribution in [0.2, 0.25) is 0 Å². The topological polar surface area (TPSA) is 49.8 Å². The van der Waals surface area contributed by atoms with Crippen molar-refractivity contribution in [3.8, 4) is 0 Å². The first-order chi connectivity index (χ1) is 8.27. The summed E-state index contributed by atoms with van der Waals surface area (Å²) in [7, 11) is 2.95. The minimum absolute atomic E-state index is 0.173. The van der Waals surface area contributed by atoms with Gasteiger partial charge in [-0.1, -0.05) is 29.4 Å². The monoisotopic (exact) mass is 339 g/mol. The molecule has 0 radical (unpaired) electrons. The van der Waals surface area contributed by atoms with E-state index in [0.717, 1.165) is 0 Å². The molecule has 0 bridgehead atoms. The predicted molar refractivity (Wildman–Crippen MR) is 76.4 cm³/mol. The lowest BCUT2D eigenvalue weighted by Gasteiger charge is -2.30. The summed E-state index contributed by atoms with van der Waals surface area (Å²) in [6.07, 6.45) is -0.560. The van der Waals surface area contributed by atoms with Gasteiger partial charge in [0.25, 0.3) is 0 Å². The second kappa shape index (κ2) is 7.81. The van der Waals surface area contributed by atoms with Gasteiger partial charge in [-0.15, -0.1) is 11.6 Å². The Morgan fingerprint density at radius 1 is 1.56 bits per heavy atom. The van der Waals surface area contributed by atoms with Gasteiger partial charge in [0.15, 0.2) is 0 Å². The summed E-state index contributed by atoms with van der Waals surface area (Å²) in [5.41, 5.74) is 0.798. The first kappa shape index (κ1) is 17.5. The molecule has 0 saturated carbocycles. The zero-order valence-corrected chi connectivity index (χ0v) is 13.3. The zero-order chi connectivity index (χ0) is 14.5. The SMILES string of the molecule is C=C(C(=O)OC)N(C)/C(=C\Br)C(Cl)[C@H](C)[C@H](C)O. The molecule has 0 aliphatic rings. The van der Waals surface area contributed by atoms with Gasteiger partial charge in [-0.25, -0.2) is 4.79 Å². The molecule has 0 spiro atoms. The number of halogens is 2. The third kappa shape index (κ3) is 4.30. The fraction of sp³-hybridized carbons (Fsp3) is 0.583. The highest BCUT2D eigenvalue weighted by atomic mass is 79.9. The van der Waals surface area contributed by atoms with Gasteiger partial charge in [-0.05, 0) is 6.92 Å². The molecule has 104 valence electrons. The van der Waals surface area contributed by atoms with Crippen molar-refractivity contribution in [2.75, 3.05) is 14.2 Å². The number of alkyl halides is 1. The van der Waals surface area contributed by atoms with Gasteiger partial charge >= 0.3 is 5.97 Å². The quantitative estimate of drug-likeness (QED) is 0.458. The molecule has 3 atom stereocenters. The average molecular weight is 341 g/mol. The Hall–Kier alpha value is -0.520. The van der Waals surface area contributed by atoms with Crippen LogP contribution in [-0.4, -0.2) is 41.6 Å². The number of likely N-dealkylation sites (N-methyl/N-ethyl adjacent to an activating group) is 1. The molecular weight excluding hydrogens is 321 g/mol. The Balaban J connectivity index is 5.00. The number of nitrogens with zero attached hydrogens (tertiary/aromatic N) is 1. The number of aliphatic hydroxyl groups is 1. The van der Waals surface area contributed by atoms with Crippen molar-refractivity contribution in [1.29, 1.82) is 0 Å². The van der Waals surface area contributed by atoms with Gasteiger partial charge in [0, 0.05) is 23.6 Å². The van der Waals surface area contributed by atoms with Crippen LogP contribution in [0.25, 0.3) is 0 Å². The zero-order valence-electron chi connectivity index (χ0n) is 11.0. The summed E-state index contributed by atoms with van der Waals surface area (Å²) in [4.78, 5) is 14.5. The molecule has 0 saturated heterocycles. The van der Waals surface area contributed by atoms with Crippen LogP contribution in [0.1, 0.15) is 13.8 Å². The molecule has 1 unspecified atom stereocenters. The van der Waals surface area contributed by atoms with Crippen LogP contribution in [0.3, 0.4) is 0 Å². The molecule has 0 aromatic carbocycles. The molecule has 0 rings (SSSR count). The van der Waals surface area contributed by atoms with Crippen LogP contribution in [0.15, 0.2) is 23.0 Å². The molecule has 0 aromatic heterocycles. The second-order valence-corrected chi connectivity index (χ2v) is 4.96. The lowest BCUT2D eigenvalue weighted by Crippen LogP contribution is -2.33. The summed E-state index contributed by atoms with van der Waals surface area (Å²) < 4.78 is 4.60. The smallest absolute Gasteiger partial charge is 0.354 e. The van der Waals surface area contributed by atoms with E-state index in [2.05, 4.69) is 27.2 Å². The van der Waals surface area contributed by atoms with Gasteiger partial charge in [-0.3, -0.25) is 0 Å². The van der Waals surface area contributed by atoms with E-state index in [4.69, 9.17) is 11.6 Å². The fourth-order valence-corrected chi connectivity index (χ4v) is 2.41.